The van der Waals surface area contributed by atoms with Crippen molar-refractivity contribution < 1.29 is 32.7 Å². The second kappa shape index (κ2) is 11.9. The lowest BCUT2D eigenvalue weighted by Crippen LogP contribution is -2.45. The van der Waals surface area contributed by atoms with Crippen LogP contribution in [0.3, 0.4) is 0 Å². The summed E-state index contributed by atoms with van der Waals surface area (Å²) in [6, 6.07) is 14.6. The number of nitrogens with one attached hydrogen (secondary N) is 2. The first-order chi connectivity index (χ1) is 17.4. The number of amides is 2. The third-order valence-electron chi connectivity index (χ3n) is 5.08. The lowest BCUT2D eigenvalue weighted by Gasteiger charge is -2.17. The largest absolute Gasteiger partial charge is 0.480 e. The zero-order valence-corrected chi connectivity index (χ0v) is 20.4. The average Bonchev–Trinajstić information content (AvgIpc) is 2.84. The molecule has 2 amide bonds. The van der Waals surface area contributed by atoms with Crippen molar-refractivity contribution in [3.63, 3.8) is 0 Å². The third-order valence-corrected chi connectivity index (χ3v) is 5.58. The SMILES string of the molecule is O=C(N[C@H](Cc1ccc(Cl)cc1)C(=O)O)/C(=C\c1cccc(C(F)(F)F)c1)NC(=O)c1ccc(Cl)cc1. The van der Waals surface area contributed by atoms with Gasteiger partial charge in [0.2, 0.25) is 0 Å². The van der Waals surface area contributed by atoms with Crippen molar-refractivity contribution in [2.24, 2.45) is 0 Å². The van der Waals surface area contributed by atoms with E-state index in [4.69, 9.17) is 23.2 Å². The van der Waals surface area contributed by atoms with Gasteiger partial charge in [-0.25, -0.2) is 4.79 Å². The van der Waals surface area contributed by atoms with Gasteiger partial charge < -0.3 is 15.7 Å². The topological polar surface area (TPSA) is 95.5 Å². The zero-order chi connectivity index (χ0) is 27.2. The van der Waals surface area contributed by atoms with Gasteiger partial charge in [-0.05, 0) is 65.7 Å². The van der Waals surface area contributed by atoms with Crippen LogP contribution in [0.2, 0.25) is 10.0 Å². The standard InChI is InChI=1S/C26H19Cl2F3N2O4/c27-19-8-4-15(5-9-19)13-22(25(36)37)33-24(35)21(32-23(34)17-6-10-20(28)11-7-17)14-16-2-1-3-18(12-16)26(29,30)31/h1-12,14,22H,13H2,(H,32,34)(H,33,35)(H,36,37)/b21-14+/t22-/m1/s1. The first kappa shape index (κ1) is 27.8. The maximum atomic E-state index is 13.2. The number of alkyl halides is 3. The van der Waals surface area contributed by atoms with Crippen LogP contribution in [0, 0.1) is 0 Å². The molecule has 0 spiro atoms. The number of carbonyl (C=O) groups is 3. The summed E-state index contributed by atoms with van der Waals surface area (Å²) < 4.78 is 39.5. The molecule has 11 heteroatoms. The molecule has 0 aliphatic carbocycles. The number of halogens is 5. The van der Waals surface area contributed by atoms with Crippen molar-refractivity contribution in [3.8, 4) is 0 Å². The minimum absolute atomic E-state index is 0.0408. The molecule has 0 unspecified atom stereocenters. The smallest absolute Gasteiger partial charge is 0.416 e. The van der Waals surface area contributed by atoms with Gasteiger partial charge in [0, 0.05) is 22.0 Å². The molecule has 0 saturated carbocycles. The summed E-state index contributed by atoms with van der Waals surface area (Å²) in [6.45, 7) is 0. The highest BCUT2D eigenvalue weighted by molar-refractivity contribution is 6.30. The minimum Gasteiger partial charge on any atom is -0.480 e. The highest BCUT2D eigenvalue weighted by Gasteiger charge is 2.30. The second-order valence-electron chi connectivity index (χ2n) is 7.84. The van der Waals surface area contributed by atoms with E-state index in [-0.39, 0.29) is 17.5 Å². The van der Waals surface area contributed by atoms with Gasteiger partial charge in [-0.2, -0.15) is 13.2 Å². The van der Waals surface area contributed by atoms with Crippen LogP contribution >= 0.6 is 23.2 Å². The lowest BCUT2D eigenvalue weighted by atomic mass is 10.1. The number of rotatable bonds is 8. The Hall–Kier alpha value is -3.82. The molecule has 0 aliphatic heterocycles. The van der Waals surface area contributed by atoms with E-state index < -0.39 is 41.3 Å². The number of benzene rings is 3. The molecule has 3 N–H and O–H groups in total. The van der Waals surface area contributed by atoms with Crippen molar-refractivity contribution in [2.45, 2.75) is 18.6 Å². The molecule has 37 heavy (non-hydrogen) atoms. The Labute approximate surface area is 219 Å². The quantitative estimate of drug-likeness (QED) is 0.318. The fourth-order valence-electron chi connectivity index (χ4n) is 3.22. The Balaban J connectivity index is 1.92. The van der Waals surface area contributed by atoms with Gasteiger partial charge in [-0.15, -0.1) is 0 Å². The Morgan fingerprint density at radius 1 is 0.919 bits per heavy atom. The van der Waals surface area contributed by atoms with Crippen molar-refractivity contribution in [3.05, 3.63) is 111 Å². The maximum Gasteiger partial charge on any atom is 0.416 e. The summed E-state index contributed by atoms with van der Waals surface area (Å²) in [6.07, 6.45) is -3.72. The monoisotopic (exact) mass is 550 g/mol. The number of hydrogen-bond donors (Lipinski definition) is 3. The van der Waals surface area contributed by atoms with Gasteiger partial charge in [0.25, 0.3) is 11.8 Å². The molecule has 0 bridgehead atoms. The van der Waals surface area contributed by atoms with Crippen molar-refractivity contribution in [1.82, 2.24) is 10.6 Å². The van der Waals surface area contributed by atoms with E-state index in [0.29, 0.717) is 15.6 Å². The molecule has 3 aromatic carbocycles. The highest BCUT2D eigenvalue weighted by Crippen LogP contribution is 2.30. The number of carboxylic acid groups (broad SMARTS) is 1. The molecule has 192 valence electrons. The first-order valence-corrected chi connectivity index (χ1v) is 11.4. The van der Waals surface area contributed by atoms with Gasteiger partial charge in [0.1, 0.15) is 11.7 Å². The van der Waals surface area contributed by atoms with Gasteiger partial charge in [0.05, 0.1) is 5.56 Å². The Kier molecular flexibility index (Phi) is 8.96. The molecule has 0 fully saturated rings. The van der Waals surface area contributed by atoms with Crippen LogP contribution in [0.1, 0.15) is 27.0 Å². The molecular formula is C26H19Cl2F3N2O4. The predicted molar refractivity (Wildman–Crippen MR) is 133 cm³/mol. The molecule has 3 aromatic rings. The summed E-state index contributed by atoms with van der Waals surface area (Å²) in [7, 11) is 0. The summed E-state index contributed by atoms with van der Waals surface area (Å²) in [5.41, 5.74) is -0.785. The first-order valence-electron chi connectivity index (χ1n) is 10.7. The van der Waals surface area contributed by atoms with Crippen LogP contribution in [0.4, 0.5) is 13.2 Å². The van der Waals surface area contributed by atoms with E-state index in [1.165, 1.54) is 30.3 Å². The van der Waals surface area contributed by atoms with E-state index in [2.05, 4.69) is 10.6 Å². The van der Waals surface area contributed by atoms with Crippen LogP contribution in [-0.4, -0.2) is 28.9 Å². The van der Waals surface area contributed by atoms with Gasteiger partial charge >= 0.3 is 12.1 Å². The predicted octanol–water partition coefficient (Wildman–Crippen LogP) is 5.60. The van der Waals surface area contributed by atoms with Crippen LogP contribution in [0.15, 0.2) is 78.5 Å². The van der Waals surface area contributed by atoms with Crippen molar-refractivity contribution in [2.75, 3.05) is 0 Å². The van der Waals surface area contributed by atoms with E-state index in [1.807, 2.05) is 0 Å². The molecule has 1 atom stereocenters. The second-order valence-corrected chi connectivity index (χ2v) is 8.71. The van der Waals surface area contributed by atoms with E-state index in [9.17, 15) is 32.7 Å². The highest BCUT2D eigenvalue weighted by atomic mass is 35.5. The molecule has 0 heterocycles. The maximum absolute atomic E-state index is 13.2. The summed E-state index contributed by atoms with van der Waals surface area (Å²) in [5.74, 6) is -3.12. The van der Waals surface area contributed by atoms with Crippen molar-refractivity contribution in [1.29, 1.82) is 0 Å². The fraction of sp³-hybridized carbons (Fsp3) is 0.115. The average molecular weight is 551 g/mol. The van der Waals surface area contributed by atoms with E-state index in [1.54, 1.807) is 24.3 Å². The van der Waals surface area contributed by atoms with Crippen LogP contribution < -0.4 is 10.6 Å². The summed E-state index contributed by atoms with van der Waals surface area (Å²) in [4.78, 5) is 37.7. The lowest BCUT2D eigenvalue weighted by molar-refractivity contribution is -0.141. The molecule has 0 radical (unpaired) electrons. The molecule has 6 nitrogen and oxygen atoms in total. The zero-order valence-electron chi connectivity index (χ0n) is 18.9. The number of hydrogen-bond acceptors (Lipinski definition) is 3. The molecule has 0 saturated heterocycles. The fourth-order valence-corrected chi connectivity index (χ4v) is 3.47. The normalized spacial score (nSPS) is 12.5. The minimum atomic E-state index is -4.63. The van der Waals surface area contributed by atoms with Gasteiger partial charge in [-0.1, -0.05) is 47.5 Å². The Bertz CT molecular complexity index is 1320. The molecule has 3 rings (SSSR count). The van der Waals surface area contributed by atoms with Crippen LogP contribution in [-0.2, 0) is 22.2 Å². The van der Waals surface area contributed by atoms with Crippen molar-refractivity contribution >= 4 is 47.1 Å². The Morgan fingerprint density at radius 2 is 1.51 bits per heavy atom. The van der Waals surface area contributed by atoms with E-state index >= 15 is 0 Å². The number of carboxylic acids is 1. The van der Waals surface area contributed by atoms with Gasteiger partial charge in [0.15, 0.2) is 0 Å². The Morgan fingerprint density at radius 3 is 2.08 bits per heavy atom. The molecular weight excluding hydrogens is 532 g/mol. The van der Waals surface area contributed by atoms with Crippen LogP contribution in [0.5, 0.6) is 0 Å². The van der Waals surface area contributed by atoms with E-state index in [0.717, 1.165) is 24.3 Å². The van der Waals surface area contributed by atoms with Gasteiger partial charge in [-0.3, -0.25) is 9.59 Å². The summed E-state index contributed by atoms with van der Waals surface area (Å²) in [5, 5.41) is 15.1. The number of aliphatic carboxylic acids is 1. The molecule has 0 aromatic heterocycles. The third kappa shape index (κ3) is 8.09. The van der Waals surface area contributed by atoms with Crippen LogP contribution in [0.25, 0.3) is 6.08 Å². The summed E-state index contributed by atoms with van der Waals surface area (Å²) >= 11 is 11.7. The number of carbonyl (C=O) groups excluding carboxylic acids is 2. The molecule has 0 aliphatic rings.